The molecule has 1 rings (SSSR count). The van der Waals surface area contributed by atoms with Crippen LogP contribution in [0, 0.1) is 2.88 Å². The molecule has 0 radical (unpaired) electrons. The van der Waals surface area contributed by atoms with E-state index in [0.717, 1.165) is 0 Å². The van der Waals surface area contributed by atoms with Crippen molar-refractivity contribution in [3.8, 4) is 0 Å². The Bertz CT molecular complexity index is 404. The summed E-state index contributed by atoms with van der Waals surface area (Å²) in [6, 6.07) is 0. The van der Waals surface area contributed by atoms with E-state index in [1.165, 1.54) is 11.3 Å². The molecule has 1 aromatic rings. The van der Waals surface area contributed by atoms with Crippen LogP contribution in [0.5, 0.6) is 0 Å². The lowest BCUT2D eigenvalue weighted by molar-refractivity contribution is -0.129. The lowest BCUT2D eigenvalue weighted by atomic mass is 10.3. The summed E-state index contributed by atoms with van der Waals surface area (Å²) in [5.41, 5.74) is 5.48. The van der Waals surface area contributed by atoms with Gasteiger partial charge in [-0.3, -0.25) is 0 Å². The fourth-order valence-electron chi connectivity index (χ4n) is 0.776. The highest BCUT2D eigenvalue weighted by Gasteiger charge is 2.21. The summed E-state index contributed by atoms with van der Waals surface area (Å²) >= 11 is 3.16. The minimum atomic E-state index is -1.19. The molecule has 0 aliphatic rings. The van der Waals surface area contributed by atoms with Crippen molar-refractivity contribution in [1.29, 1.82) is 0 Å². The monoisotopic (exact) mass is 341 g/mol. The smallest absolute Gasteiger partial charge is 0.360 e. The average molecular weight is 341 g/mol. The molecule has 0 saturated carbocycles. The number of halogens is 1. The predicted molar refractivity (Wildman–Crippen MR) is 65.0 cm³/mol. The molecule has 1 heterocycles. The van der Waals surface area contributed by atoms with Crippen molar-refractivity contribution < 1.29 is 14.7 Å². The zero-order valence-corrected chi connectivity index (χ0v) is 10.7. The first-order valence-corrected chi connectivity index (χ1v) is 5.81. The molecule has 0 atom stereocenters. The second kappa shape index (κ2) is 5.26. The van der Waals surface area contributed by atoms with Gasteiger partial charge in [0.15, 0.2) is 5.13 Å². The normalized spacial score (nSPS) is 11.5. The summed E-state index contributed by atoms with van der Waals surface area (Å²) in [5, 5.41) is 12.7. The van der Waals surface area contributed by atoms with Crippen molar-refractivity contribution in [1.82, 2.24) is 4.98 Å². The first-order chi connectivity index (χ1) is 7.06. The highest BCUT2D eigenvalue weighted by Crippen LogP contribution is 2.23. The van der Waals surface area contributed by atoms with E-state index in [2.05, 4.69) is 10.1 Å². The molecule has 15 heavy (non-hydrogen) atoms. The summed E-state index contributed by atoms with van der Waals surface area (Å²) < 4.78 is 0.672. The van der Waals surface area contributed by atoms with E-state index in [4.69, 9.17) is 15.7 Å². The summed E-state index contributed by atoms with van der Waals surface area (Å²) in [5.74, 6) is -1.19. The van der Waals surface area contributed by atoms with Gasteiger partial charge < -0.3 is 15.7 Å². The van der Waals surface area contributed by atoms with Gasteiger partial charge in [0.25, 0.3) is 0 Å². The van der Waals surface area contributed by atoms with Crippen molar-refractivity contribution in [2.45, 2.75) is 6.92 Å². The Morgan fingerprint density at radius 1 is 1.80 bits per heavy atom. The van der Waals surface area contributed by atoms with E-state index in [1.54, 1.807) is 6.92 Å². The van der Waals surface area contributed by atoms with E-state index < -0.39 is 5.97 Å². The number of anilines is 1. The molecular formula is C7H8IN3O3S. The van der Waals surface area contributed by atoms with Gasteiger partial charge in [0.1, 0.15) is 12.3 Å². The molecule has 1 aromatic heterocycles. The fourth-order valence-corrected chi connectivity index (χ4v) is 2.39. The van der Waals surface area contributed by atoms with Gasteiger partial charge in [0, 0.05) is 0 Å². The Balaban J connectivity index is 3.10. The molecule has 0 bridgehead atoms. The van der Waals surface area contributed by atoms with Crippen molar-refractivity contribution in [3.05, 3.63) is 8.58 Å². The van der Waals surface area contributed by atoms with Crippen LogP contribution in [-0.2, 0) is 9.63 Å². The molecule has 0 saturated heterocycles. The average Bonchev–Trinajstić information content (AvgIpc) is 2.46. The Kier molecular flexibility index (Phi) is 4.27. The van der Waals surface area contributed by atoms with Crippen LogP contribution in [0.1, 0.15) is 12.6 Å². The second-order valence-corrected chi connectivity index (χ2v) is 5.18. The largest absolute Gasteiger partial charge is 0.476 e. The van der Waals surface area contributed by atoms with Crippen LogP contribution in [0.15, 0.2) is 5.16 Å². The Morgan fingerprint density at radius 2 is 2.47 bits per heavy atom. The minimum Gasteiger partial charge on any atom is -0.476 e. The lowest BCUT2D eigenvalue weighted by Crippen LogP contribution is -2.16. The number of carboxylic acids is 1. The number of thiazole rings is 1. The Hall–Kier alpha value is -0.900. The lowest BCUT2D eigenvalue weighted by Gasteiger charge is -1.98. The molecule has 0 amide bonds. The van der Waals surface area contributed by atoms with Gasteiger partial charge >= 0.3 is 5.97 Å². The van der Waals surface area contributed by atoms with Gasteiger partial charge in [-0.15, -0.1) is 0 Å². The highest BCUT2D eigenvalue weighted by molar-refractivity contribution is 14.1. The maximum Gasteiger partial charge on any atom is 0.360 e. The first-order valence-electron chi connectivity index (χ1n) is 3.91. The molecule has 0 aromatic carbocycles. The van der Waals surface area contributed by atoms with E-state index in [-0.39, 0.29) is 11.4 Å². The van der Waals surface area contributed by atoms with Crippen molar-refractivity contribution >= 4 is 50.7 Å². The van der Waals surface area contributed by atoms with E-state index >= 15 is 0 Å². The molecule has 3 N–H and O–H groups in total. The number of oxime groups is 1. The SMILES string of the molecule is CCO/N=C(\C(=O)O)c1nc(N)sc1I. The van der Waals surface area contributed by atoms with Gasteiger partial charge in [0.2, 0.25) is 5.71 Å². The Morgan fingerprint density at radius 3 is 2.87 bits per heavy atom. The van der Waals surface area contributed by atoms with Crippen LogP contribution in [-0.4, -0.2) is 28.4 Å². The molecule has 6 nitrogen and oxygen atoms in total. The standard InChI is InChI=1S/C7H8IN3O3S/c1-2-14-11-4(6(12)13)3-5(8)15-7(9)10-3/h2H2,1H3,(H2,9,10)(H,12,13)/b11-4-. The minimum absolute atomic E-state index is 0.228. The number of hydrogen-bond donors (Lipinski definition) is 2. The fraction of sp³-hybridized carbons (Fsp3) is 0.286. The van der Waals surface area contributed by atoms with Gasteiger partial charge in [-0.1, -0.05) is 16.5 Å². The second-order valence-electron chi connectivity index (χ2n) is 2.34. The predicted octanol–water partition coefficient (Wildman–Crippen LogP) is 1.16. The van der Waals surface area contributed by atoms with E-state index in [0.29, 0.717) is 14.6 Å². The molecule has 0 unspecified atom stereocenters. The zero-order chi connectivity index (χ0) is 11.4. The number of nitrogens with two attached hydrogens (primary N) is 1. The zero-order valence-electron chi connectivity index (χ0n) is 7.73. The van der Waals surface area contributed by atoms with Gasteiger partial charge in [-0.05, 0) is 29.5 Å². The highest BCUT2D eigenvalue weighted by atomic mass is 127. The van der Waals surface area contributed by atoms with Gasteiger partial charge in [0.05, 0.1) is 2.88 Å². The summed E-state index contributed by atoms with van der Waals surface area (Å²) in [7, 11) is 0. The molecule has 82 valence electrons. The quantitative estimate of drug-likeness (QED) is 0.486. The third kappa shape index (κ3) is 3.02. The third-order valence-electron chi connectivity index (χ3n) is 1.31. The summed E-state index contributed by atoms with van der Waals surface area (Å²) in [6.07, 6.45) is 0. The van der Waals surface area contributed by atoms with Crippen molar-refractivity contribution in [2.75, 3.05) is 12.3 Å². The van der Waals surface area contributed by atoms with Crippen LogP contribution < -0.4 is 5.73 Å². The number of aliphatic carboxylic acids is 1. The van der Waals surface area contributed by atoms with Crippen LogP contribution in [0.4, 0.5) is 5.13 Å². The molecule has 0 fully saturated rings. The number of carboxylic acid groups (broad SMARTS) is 1. The Labute approximate surface area is 103 Å². The van der Waals surface area contributed by atoms with Crippen molar-refractivity contribution in [2.24, 2.45) is 5.16 Å². The number of nitrogens with zero attached hydrogens (tertiary/aromatic N) is 2. The molecule has 0 spiro atoms. The van der Waals surface area contributed by atoms with Crippen molar-refractivity contribution in [3.63, 3.8) is 0 Å². The molecule has 0 aliphatic heterocycles. The number of aromatic nitrogens is 1. The van der Waals surface area contributed by atoms with Crippen LogP contribution in [0.25, 0.3) is 0 Å². The van der Waals surface area contributed by atoms with Crippen LogP contribution >= 0.6 is 33.9 Å². The van der Waals surface area contributed by atoms with Crippen LogP contribution in [0.3, 0.4) is 0 Å². The number of nitrogen functional groups attached to an aromatic ring is 1. The number of carbonyl (C=O) groups is 1. The van der Waals surface area contributed by atoms with Crippen LogP contribution in [0.2, 0.25) is 0 Å². The summed E-state index contributed by atoms with van der Waals surface area (Å²) in [6.45, 7) is 2.01. The number of rotatable bonds is 4. The van der Waals surface area contributed by atoms with Gasteiger partial charge in [-0.2, -0.15) is 0 Å². The topological polar surface area (TPSA) is 97.8 Å². The summed E-state index contributed by atoms with van der Waals surface area (Å²) in [4.78, 5) is 19.5. The van der Waals surface area contributed by atoms with Gasteiger partial charge in [-0.25, -0.2) is 9.78 Å². The van der Waals surface area contributed by atoms with E-state index in [9.17, 15) is 4.79 Å². The maximum atomic E-state index is 10.9. The van der Waals surface area contributed by atoms with E-state index in [1.807, 2.05) is 22.6 Å². The molecular weight excluding hydrogens is 333 g/mol. The molecule has 0 aliphatic carbocycles. The molecule has 8 heteroatoms. The third-order valence-corrected chi connectivity index (χ3v) is 3.16. The first kappa shape index (κ1) is 12.2. The number of hydrogen-bond acceptors (Lipinski definition) is 6. The maximum absolute atomic E-state index is 10.9.